The summed E-state index contributed by atoms with van der Waals surface area (Å²) in [6.45, 7) is 5.10. The first-order valence-corrected chi connectivity index (χ1v) is 5.66. The highest BCUT2D eigenvalue weighted by Gasteiger charge is 2.16. The van der Waals surface area contributed by atoms with Gasteiger partial charge in [0.1, 0.15) is 17.6 Å². The second-order valence-corrected chi connectivity index (χ2v) is 4.14. The lowest BCUT2D eigenvalue weighted by molar-refractivity contribution is 0.0576. The van der Waals surface area contributed by atoms with Crippen LogP contribution < -0.4 is 9.47 Å². The number of benzene rings is 1. The molecule has 4 nitrogen and oxygen atoms in total. The first kappa shape index (κ1) is 13.8. The summed E-state index contributed by atoms with van der Waals surface area (Å²) >= 11 is 0. The van der Waals surface area contributed by atoms with Crippen molar-refractivity contribution in [2.45, 2.75) is 39.1 Å². The van der Waals surface area contributed by atoms with Gasteiger partial charge in [0, 0.05) is 11.6 Å². The van der Waals surface area contributed by atoms with E-state index in [1.165, 1.54) is 0 Å². The van der Waals surface area contributed by atoms with Crippen molar-refractivity contribution in [3.05, 3.63) is 23.8 Å². The molecule has 1 aromatic carbocycles. The van der Waals surface area contributed by atoms with Crippen LogP contribution in [0.25, 0.3) is 0 Å². The highest BCUT2D eigenvalue weighted by molar-refractivity contribution is 5.42. The Kier molecular flexibility index (Phi) is 4.78. The largest absolute Gasteiger partial charge is 0.497 e. The number of ether oxygens (including phenoxy) is 2. The molecule has 17 heavy (non-hydrogen) atoms. The van der Waals surface area contributed by atoms with E-state index in [1.54, 1.807) is 46.1 Å². The smallest absolute Gasteiger partial charge is 0.129 e. The predicted molar refractivity (Wildman–Crippen MR) is 65.4 cm³/mol. The van der Waals surface area contributed by atoms with Gasteiger partial charge in [0.2, 0.25) is 0 Å². The molecule has 0 heterocycles. The zero-order valence-electron chi connectivity index (χ0n) is 10.7. The Labute approximate surface area is 102 Å². The summed E-state index contributed by atoms with van der Waals surface area (Å²) in [6, 6.07) is 5.23. The number of hydrogen-bond donors (Lipinski definition) is 2. The third-order valence-corrected chi connectivity index (χ3v) is 2.66. The minimum atomic E-state index is -0.628. The summed E-state index contributed by atoms with van der Waals surface area (Å²) in [5.41, 5.74) is 0.679. The van der Waals surface area contributed by atoms with Crippen LogP contribution in [0.1, 0.15) is 32.4 Å². The molecule has 0 bridgehead atoms. The van der Waals surface area contributed by atoms with E-state index in [0.29, 0.717) is 17.1 Å². The molecule has 0 radical (unpaired) electrons. The Balaban J connectivity index is 3.00. The van der Waals surface area contributed by atoms with Gasteiger partial charge in [0.25, 0.3) is 0 Å². The van der Waals surface area contributed by atoms with Crippen molar-refractivity contribution in [3.8, 4) is 11.5 Å². The van der Waals surface area contributed by atoms with Crippen molar-refractivity contribution >= 4 is 0 Å². The summed E-state index contributed by atoms with van der Waals surface area (Å²) < 4.78 is 10.7. The molecule has 0 aliphatic rings. The van der Waals surface area contributed by atoms with Gasteiger partial charge in [-0.25, -0.2) is 0 Å². The van der Waals surface area contributed by atoms with Gasteiger partial charge in [0.15, 0.2) is 0 Å². The fourth-order valence-corrected chi connectivity index (χ4v) is 1.39. The van der Waals surface area contributed by atoms with Crippen LogP contribution >= 0.6 is 0 Å². The average Bonchev–Trinajstić information content (AvgIpc) is 2.28. The lowest BCUT2D eigenvalue weighted by Gasteiger charge is -2.21. The summed E-state index contributed by atoms with van der Waals surface area (Å²) in [5.74, 6) is 1.19. The Bertz CT molecular complexity index is 360. The maximum atomic E-state index is 9.64. The minimum Gasteiger partial charge on any atom is -0.497 e. The second kappa shape index (κ2) is 5.89. The number of methoxy groups -OCH3 is 1. The van der Waals surface area contributed by atoms with Crippen molar-refractivity contribution < 1.29 is 19.7 Å². The Morgan fingerprint density at radius 2 is 1.76 bits per heavy atom. The molecule has 0 fully saturated rings. The molecule has 0 spiro atoms. The van der Waals surface area contributed by atoms with E-state index in [0.717, 1.165) is 0 Å². The summed E-state index contributed by atoms with van der Waals surface area (Å²) in [5, 5.41) is 19.1. The van der Waals surface area contributed by atoms with Crippen LogP contribution in [-0.4, -0.2) is 29.5 Å². The predicted octanol–water partition coefficient (Wildman–Crippen LogP) is 1.90. The van der Waals surface area contributed by atoms with Gasteiger partial charge in [-0.15, -0.1) is 0 Å². The first-order valence-electron chi connectivity index (χ1n) is 5.66. The molecule has 0 aromatic heterocycles. The Hall–Kier alpha value is -1.26. The van der Waals surface area contributed by atoms with Crippen LogP contribution in [0.5, 0.6) is 11.5 Å². The van der Waals surface area contributed by atoms with Crippen molar-refractivity contribution in [1.29, 1.82) is 0 Å². The molecule has 0 aliphatic heterocycles. The zero-order chi connectivity index (χ0) is 13.0. The normalized spacial score (nSPS) is 16.1. The van der Waals surface area contributed by atoms with E-state index in [-0.39, 0.29) is 6.10 Å². The SMILES string of the molecule is COc1ccc(C(C)O)c(OC(C)C(C)O)c1. The molecule has 0 aliphatic carbocycles. The molecule has 3 unspecified atom stereocenters. The second-order valence-electron chi connectivity index (χ2n) is 4.14. The topological polar surface area (TPSA) is 58.9 Å². The molecule has 0 saturated heterocycles. The highest BCUT2D eigenvalue weighted by atomic mass is 16.5. The lowest BCUT2D eigenvalue weighted by atomic mass is 10.1. The van der Waals surface area contributed by atoms with Crippen LogP contribution in [0.4, 0.5) is 0 Å². The highest BCUT2D eigenvalue weighted by Crippen LogP contribution is 2.30. The Morgan fingerprint density at radius 1 is 1.12 bits per heavy atom. The van der Waals surface area contributed by atoms with Crippen molar-refractivity contribution in [2.75, 3.05) is 7.11 Å². The van der Waals surface area contributed by atoms with E-state index in [2.05, 4.69) is 0 Å². The van der Waals surface area contributed by atoms with Gasteiger partial charge >= 0.3 is 0 Å². The van der Waals surface area contributed by atoms with Crippen LogP contribution in [-0.2, 0) is 0 Å². The number of aliphatic hydroxyl groups excluding tert-OH is 2. The standard InChI is InChI=1S/C13H20O4/c1-8(14)10(3)17-13-7-11(16-4)5-6-12(13)9(2)15/h5-10,14-15H,1-4H3. The summed E-state index contributed by atoms with van der Waals surface area (Å²) in [4.78, 5) is 0. The van der Waals surface area contributed by atoms with Crippen molar-refractivity contribution in [2.24, 2.45) is 0 Å². The number of rotatable bonds is 5. The van der Waals surface area contributed by atoms with E-state index < -0.39 is 12.2 Å². The molecule has 0 saturated carbocycles. The van der Waals surface area contributed by atoms with Gasteiger partial charge in [0.05, 0.1) is 19.3 Å². The first-order chi connectivity index (χ1) is 7.95. The fourth-order valence-electron chi connectivity index (χ4n) is 1.39. The average molecular weight is 240 g/mol. The van der Waals surface area contributed by atoms with E-state index >= 15 is 0 Å². The van der Waals surface area contributed by atoms with Gasteiger partial charge < -0.3 is 19.7 Å². The summed E-state index contributed by atoms with van der Waals surface area (Å²) in [6.07, 6.45) is -1.56. The third-order valence-electron chi connectivity index (χ3n) is 2.66. The molecule has 1 rings (SSSR count). The molecule has 2 N–H and O–H groups in total. The molecule has 3 atom stereocenters. The Morgan fingerprint density at radius 3 is 2.24 bits per heavy atom. The number of hydrogen-bond acceptors (Lipinski definition) is 4. The van der Waals surface area contributed by atoms with Crippen LogP contribution in [0.3, 0.4) is 0 Å². The molecular formula is C13H20O4. The zero-order valence-corrected chi connectivity index (χ0v) is 10.7. The van der Waals surface area contributed by atoms with Gasteiger partial charge in [-0.1, -0.05) is 0 Å². The summed E-state index contributed by atoms with van der Waals surface area (Å²) in [7, 11) is 1.57. The quantitative estimate of drug-likeness (QED) is 0.825. The number of aliphatic hydroxyl groups is 2. The van der Waals surface area contributed by atoms with Gasteiger partial charge in [-0.05, 0) is 32.9 Å². The van der Waals surface area contributed by atoms with E-state index in [9.17, 15) is 10.2 Å². The van der Waals surface area contributed by atoms with Gasteiger partial charge in [-0.3, -0.25) is 0 Å². The maximum absolute atomic E-state index is 9.64. The molecule has 96 valence electrons. The fraction of sp³-hybridized carbons (Fsp3) is 0.538. The van der Waals surface area contributed by atoms with Crippen molar-refractivity contribution in [3.63, 3.8) is 0 Å². The van der Waals surface area contributed by atoms with Crippen LogP contribution in [0, 0.1) is 0 Å². The third kappa shape index (κ3) is 3.61. The van der Waals surface area contributed by atoms with Crippen LogP contribution in [0.15, 0.2) is 18.2 Å². The molecule has 0 amide bonds. The van der Waals surface area contributed by atoms with Crippen molar-refractivity contribution in [1.82, 2.24) is 0 Å². The molecular weight excluding hydrogens is 220 g/mol. The molecule has 1 aromatic rings. The van der Waals surface area contributed by atoms with E-state index in [4.69, 9.17) is 9.47 Å². The lowest BCUT2D eigenvalue weighted by Crippen LogP contribution is -2.26. The van der Waals surface area contributed by atoms with Gasteiger partial charge in [-0.2, -0.15) is 0 Å². The monoisotopic (exact) mass is 240 g/mol. The van der Waals surface area contributed by atoms with E-state index in [1.807, 2.05) is 0 Å². The molecule has 4 heteroatoms. The minimum absolute atomic E-state index is 0.348. The maximum Gasteiger partial charge on any atom is 0.129 e. The van der Waals surface area contributed by atoms with Crippen LogP contribution in [0.2, 0.25) is 0 Å².